The highest BCUT2D eigenvalue weighted by atomic mass is 19.4. The fourth-order valence-electron chi connectivity index (χ4n) is 4.21. The van der Waals surface area contributed by atoms with Gasteiger partial charge in [-0.15, -0.1) is 0 Å². The Morgan fingerprint density at radius 2 is 1.59 bits per heavy atom. The number of fused-ring (bicyclic) bond motifs is 1. The van der Waals surface area contributed by atoms with Crippen LogP contribution in [0.2, 0.25) is 0 Å². The minimum absolute atomic E-state index is 0.00655. The van der Waals surface area contributed by atoms with Gasteiger partial charge in [-0.1, -0.05) is 12.1 Å². The lowest BCUT2D eigenvalue weighted by Gasteiger charge is -2.32. The van der Waals surface area contributed by atoms with Crippen molar-refractivity contribution in [2.24, 2.45) is 5.92 Å². The number of nitrogens with zero attached hydrogens (tertiary/aromatic N) is 3. The predicted molar refractivity (Wildman–Crippen MR) is 114 cm³/mol. The highest BCUT2D eigenvalue weighted by Crippen LogP contribution is 2.33. The molecule has 1 fully saturated rings. The standard InChI is InChI=1S/C23H22F6N4O/c24-22(25,26)16-5-7-17(8-6-16)30-20(34)14-32-11-9-15(10-12-32)13-33-19-4-2-1-3-18(19)31-21(33)23(27,28)29/h1-8,15H,9-14H2,(H,30,34). The van der Waals surface area contributed by atoms with E-state index in [1.807, 2.05) is 4.90 Å². The van der Waals surface area contributed by atoms with Crippen LogP contribution in [-0.4, -0.2) is 40.0 Å². The van der Waals surface area contributed by atoms with Gasteiger partial charge in [-0.05, 0) is 68.2 Å². The minimum atomic E-state index is -4.56. The first-order valence-corrected chi connectivity index (χ1v) is 10.7. The molecular formula is C23H22F6N4O. The summed E-state index contributed by atoms with van der Waals surface area (Å²) >= 11 is 0. The molecule has 1 amide bonds. The Morgan fingerprint density at radius 1 is 0.941 bits per heavy atom. The SMILES string of the molecule is O=C(CN1CCC(Cn2c(C(F)(F)F)nc3ccccc32)CC1)Nc1ccc(C(F)(F)F)cc1. The number of carbonyl (C=O) groups is 1. The van der Waals surface area contributed by atoms with Crippen LogP contribution in [0.15, 0.2) is 48.5 Å². The Morgan fingerprint density at radius 3 is 2.21 bits per heavy atom. The van der Waals surface area contributed by atoms with Gasteiger partial charge >= 0.3 is 12.4 Å². The second-order valence-corrected chi connectivity index (χ2v) is 8.38. The summed E-state index contributed by atoms with van der Waals surface area (Å²) in [5.74, 6) is -1.28. The number of hydrogen-bond donors (Lipinski definition) is 1. The smallest absolute Gasteiger partial charge is 0.325 e. The molecule has 0 atom stereocenters. The van der Waals surface area contributed by atoms with Crippen molar-refractivity contribution in [3.05, 3.63) is 59.9 Å². The zero-order valence-electron chi connectivity index (χ0n) is 18.0. The lowest BCUT2D eigenvalue weighted by Crippen LogP contribution is -2.40. The number of anilines is 1. The lowest BCUT2D eigenvalue weighted by molar-refractivity contribution is -0.147. The molecule has 1 aliphatic rings. The third-order valence-electron chi connectivity index (χ3n) is 5.92. The normalized spacial score (nSPS) is 16.2. The number of nitrogens with one attached hydrogen (secondary N) is 1. The number of rotatable bonds is 5. The van der Waals surface area contributed by atoms with Crippen LogP contribution in [0.25, 0.3) is 11.0 Å². The highest BCUT2D eigenvalue weighted by molar-refractivity contribution is 5.92. The maximum Gasteiger partial charge on any atom is 0.449 e. The van der Waals surface area contributed by atoms with Gasteiger partial charge in [-0.3, -0.25) is 9.69 Å². The molecule has 1 saturated heterocycles. The molecule has 0 aliphatic carbocycles. The van der Waals surface area contributed by atoms with Gasteiger partial charge in [0.25, 0.3) is 0 Å². The van der Waals surface area contributed by atoms with Crippen molar-refractivity contribution in [1.29, 1.82) is 0 Å². The van der Waals surface area contributed by atoms with Crippen molar-refractivity contribution in [2.45, 2.75) is 31.7 Å². The minimum Gasteiger partial charge on any atom is -0.325 e. The monoisotopic (exact) mass is 484 g/mol. The first-order chi connectivity index (χ1) is 16.0. The Hall–Kier alpha value is -3.08. The van der Waals surface area contributed by atoms with Gasteiger partial charge in [0, 0.05) is 12.2 Å². The molecule has 1 aromatic heterocycles. The molecule has 4 rings (SSSR count). The van der Waals surface area contributed by atoms with Crippen molar-refractivity contribution in [3.8, 4) is 0 Å². The number of aromatic nitrogens is 2. The summed E-state index contributed by atoms with van der Waals surface area (Å²) in [5.41, 5.74) is 0.201. The van der Waals surface area contributed by atoms with E-state index in [1.54, 1.807) is 24.3 Å². The highest BCUT2D eigenvalue weighted by Gasteiger charge is 2.38. The number of halogens is 6. The second kappa shape index (κ2) is 9.28. The van der Waals surface area contributed by atoms with Crippen LogP contribution in [0.3, 0.4) is 0 Å². The van der Waals surface area contributed by atoms with Gasteiger partial charge in [0.1, 0.15) is 0 Å². The van der Waals surface area contributed by atoms with Crippen LogP contribution in [0.4, 0.5) is 32.0 Å². The van der Waals surface area contributed by atoms with Crippen LogP contribution < -0.4 is 5.32 Å². The molecule has 2 heterocycles. The predicted octanol–water partition coefficient (Wildman–Crippen LogP) is 5.42. The van der Waals surface area contributed by atoms with E-state index in [0.717, 1.165) is 12.1 Å². The topological polar surface area (TPSA) is 50.2 Å². The summed E-state index contributed by atoms with van der Waals surface area (Å²) in [6.45, 7) is 1.29. The van der Waals surface area contributed by atoms with Gasteiger partial charge in [-0.25, -0.2) is 4.98 Å². The second-order valence-electron chi connectivity index (χ2n) is 8.38. The van der Waals surface area contributed by atoms with Crippen molar-refractivity contribution >= 4 is 22.6 Å². The number of imidazole rings is 1. The number of piperidine rings is 1. The molecule has 0 spiro atoms. The lowest BCUT2D eigenvalue weighted by atomic mass is 9.96. The van der Waals surface area contributed by atoms with E-state index in [4.69, 9.17) is 0 Å². The van der Waals surface area contributed by atoms with Gasteiger partial charge < -0.3 is 9.88 Å². The quantitative estimate of drug-likeness (QED) is 0.492. The number of para-hydroxylation sites is 2. The molecular weight excluding hydrogens is 462 g/mol. The van der Waals surface area contributed by atoms with Crippen LogP contribution in [-0.2, 0) is 23.7 Å². The van der Waals surface area contributed by atoms with Crippen LogP contribution in [0, 0.1) is 5.92 Å². The van der Waals surface area contributed by atoms with Gasteiger partial charge in [0.15, 0.2) is 0 Å². The van der Waals surface area contributed by atoms with Crippen LogP contribution in [0.5, 0.6) is 0 Å². The van der Waals surface area contributed by atoms with E-state index in [9.17, 15) is 31.1 Å². The molecule has 1 aliphatic heterocycles. The molecule has 0 bridgehead atoms. The van der Waals surface area contributed by atoms with E-state index >= 15 is 0 Å². The summed E-state index contributed by atoms with van der Waals surface area (Å²) in [5, 5.41) is 2.57. The van der Waals surface area contributed by atoms with E-state index in [2.05, 4.69) is 10.3 Å². The van der Waals surface area contributed by atoms with E-state index < -0.39 is 23.7 Å². The molecule has 0 radical (unpaired) electrons. The van der Waals surface area contributed by atoms with Crippen LogP contribution in [0.1, 0.15) is 24.2 Å². The molecule has 11 heteroatoms. The zero-order valence-corrected chi connectivity index (χ0v) is 18.0. The summed E-state index contributed by atoms with van der Waals surface area (Å²) in [7, 11) is 0. The van der Waals surface area contributed by atoms with Gasteiger partial charge in [0.2, 0.25) is 11.7 Å². The Bertz CT molecular complexity index is 1140. The number of likely N-dealkylation sites (tertiary alicyclic amines) is 1. The van der Waals surface area contributed by atoms with E-state index in [0.29, 0.717) is 37.0 Å². The number of amides is 1. The van der Waals surface area contributed by atoms with Gasteiger partial charge in [0.05, 0.1) is 23.1 Å². The third kappa shape index (κ3) is 5.52. The average molecular weight is 484 g/mol. The van der Waals surface area contributed by atoms with Crippen molar-refractivity contribution in [3.63, 3.8) is 0 Å². The van der Waals surface area contributed by atoms with Crippen LogP contribution >= 0.6 is 0 Å². The number of alkyl halides is 6. The Kier molecular flexibility index (Phi) is 6.57. The third-order valence-corrected chi connectivity index (χ3v) is 5.92. The summed E-state index contributed by atoms with van der Waals surface area (Å²) < 4.78 is 79.7. The summed E-state index contributed by atoms with van der Waals surface area (Å²) in [6.07, 6.45) is -7.79. The summed E-state index contributed by atoms with van der Waals surface area (Å²) in [6, 6.07) is 10.7. The fraction of sp³-hybridized carbons (Fsp3) is 0.391. The molecule has 2 aromatic carbocycles. The number of hydrogen-bond acceptors (Lipinski definition) is 3. The van der Waals surface area contributed by atoms with Crippen molar-refractivity contribution < 1.29 is 31.1 Å². The molecule has 0 unspecified atom stereocenters. The first-order valence-electron chi connectivity index (χ1n) is 10.7. The van der Waals surface area contributed by atoms with Crippen molar-refractivity contribution in [1.82, 2.24) is 14.5 Å². The largest absolute Gasteiger partial charge is 0.449 e. The zero-order chi connectivity index (χ0) is 24.5. The molecule has 34 heavy (non-hydrogen) atoms. The molecule has 182 valence electrons. The van der Waals surface area contributed by atoms with Gasteiger partial charge in [-0.2, -0.15) is 26.3 Å². The fourth-order valence-corrected chi connectivity index (χ4v) is 4.21. The Labute approximate surface area is 191 Å². The maximum atomic E-state index is 13.5. The maximum absolute atomic E-state index is 13.5. The number of benzene rings is 2. The Balaban J connectivity index is 1.32. The number of carbonyl (C=O) groups excluding carboxylic acids is 1. The van der Waals surface area contributed by atoms with Crippen molar-refractivity contribution in [2.75, 3.05) is 25.0 Å². The van der Waals surface area contributed by atoms with E-state index in [1.165, 1.54) is 16.7 Å². The molecule has 3 aromatic rings. The van der Waals surface area contributed by atoms with E-state index in [-0.39, 0.29) is 30.6 Å². The average Bonchev–Trinajstić information content (AvgIpc) is 3.14. The molecule has 5 nitrogen and oxygen atoms in total. The summed E-state index contributed by atoms with van der Waals surface area (Å²) in [4.78, 5) is 17.9. The molecule has 1 N–H and O–H groups in total. The molecule has 0 saturated carbocycles. The first kappa shape index (κ1) is 24.1.